The monoisotopic (exact) mass is 496 g/mol. The molecule has 2 aromatic carbocycles. The highest BCUT2D eigenvalue weighted by molar-refractivity contribution is 6.32. The minimum Gasteiger partial charge on any atom is -0.550 e. The molecule has 0 bridgehead atoms. The Morgan fingerprint density at radius 1 is 1.14 bits per heavy atom. The maximum absolute atomic E-state index is 12.7. The third-order valence-electron chi connectivity index (χ3n) is 6.69. The number of nitrogens with one attached hydrogen (secondary N) is 1. The molecule has 8 heteroatoms. The molecular weight excluding hydrogens is 470 g/mol. The van der Waals surface area contributed by atoms with Gasteiger partial charge in [-0.3, -0.25) is 4.79 Å². The van der Waals surface area contributed by atoms with E-state index >= 15 is 0 Å². The molecule has 0 unspecified atom stereocenters. The van der Waals surface area contributed by atoms with Gasteiger partial charge in [-0.2, -0.15) is 0 Å². The third kappa shape index (κ3) is 6.03. The molecule has 7 nitrogen and oxygen atoms in total. The van der Waals surface area contributed by atoms with Crippen molar-refractivity contribution in [3.8, 4) is 5.75 Å². The molecule has 0 atom stereocenters. The molecule has 4 rings (SSSR count). The summed E-state index contributed by atoms with van der Waals surface area (Å²) in [4.78, 5) is 35.9. The van der Waals surface area contributed by atoms with Crippen LogP contribution in [-0.2, 0) is 16.0 Å². The minimum atomic E-state index is -0.994. The maximum Gasteiger partial charge on any atom is 0.340 e. The van der Waals surface area contributed by atoms with Crippen LogP contribution in [0.25, 0.3) is 11.0 Å². The van der Waals surface area contributed by atoms with E-state index in [2.05, 4.69) is 5.32 Å². The van der Waals surface area contributed by atoms with Crippen LogP contribution in [0.1, 0.15) is 42.4 Å². The fourth-order valence-corrected chi connectivity index (χ4v) is 4.78. The van der Waals surface area contributed by atoms with E-state index in [4.69, 9.17) is 20.8 Å². The van der Waals surface area contributed by atoms with Crippen molar-refractivity contribution in [3.63, 3.8) is 0 Å². The fourth-order valence-electron chi connectivity index (χ4n) is 4.56. The molecule has 1 amide bonds. The number of ether oxygens (including phenoxy) is 1. The number of carbonyl (C=O) groups excluding carboxylic acids is 2. The van der Waals surface area contributed by atoms with Gasteiger partial charge in [0.25, 0.3) is 5.91 Å². The molecule has 184 valence electrons. The molecule has 1 aliphatic rings. The Kier molecular flexibility index (Phi) is 7.76. The van der Waals surface area contributed by atoms with Gasteiger partial charge in [-0.15, -0.1) is 0 Å². The van der Waals surface area contributed by atoms with Crippen molar-refractivity contribution >= 4 is 34.4 Å². The summed E-state index contributed by atoms with van der Waals surface area (Å²) in [6, 6.07) is 12.9. The zero-order chi connectivity index (χ0) is 24.9. The highest BCUT2D eigenvalue weighted by atomic mass is 35.5. The summed E-state index contributed by atoms with van der Waals surface area (Å²) in [6.45, 7) is 2.09. The zero-order valence-electron chi connectivity index (χ0n) is 19.5. The number of fused-ring (bicyclic) bond motifs is 1. The number of carboxylic acids is 1. The smallest absolute Gasteiger partial charge is 0.340 e. The minimum absolute atomic E-state index is 0.237. The van der Waals surface area contributed by atoms with E-state index in [9.17, 15) is 19.5 Å². The van der Waals surface area contributed by atoms with E-state index in [1.165, 1.54) is 6.07 Å². The number of carboxylic acid groups (broad SMARTS) is 1. The predicted octanol–water partition coefficient (Wildman–Crippen LogP) is 3.40. The Bertz CT molecular complexity index is 1280. The summed E-state index contributed by atoms with van der Waals surface area (Å²) in [6.07, 6.45) is 3.07. The number of halogens is 1. The van der Waals surface area contributed by atoms with Crippen molar-refractivity contribution in [2.75, 3.05) is 13.2 Å². The quantitative estimate of drug-likeness (QED) is 0.479. The largest absolute Gasteiger partial charge is 0.550 e. The van der Waals surface area contributed by atoms with Crippen LogP contribution >= 0.6 is 11.6 Å². The zero-order valence-corrected chi connectivity index (χ0v) is 20.2. The normalized spacial score (nSPS) is 17.8. The van der Waals surface area contributed by atoms with Crippen LogP contribution in [-0.4, -0.2) is 25.0 Å². The van der Waals surface area contributed by atoms with E-state index in [0.29, 0.717) is 47.4 Å². The van der Waals surface area contributed by atoms with E-state index in [1.54, 1.807) is 6.07 Å². The summed E-state index contributed by atoms with van der Waals surface area (Å²) < 4.78 is 11.2. The summed E-state index contributed by atoms with van der Waals surface area (Å²) in [5, 5.41) is 14.8. The number of hydrogen-bond acceptors (Lipinski definition) is 6. The lowest BCUT2D eigenvalue weighted by Crippen LogP contribution is -2.37. The van der Waals surface area contributed by atoms with Gasteiger partial charge < -0.3 is 24.4 Å². The summed E-state index contributed by atoms with van der Waals surface area (Å²) >= 11 is 6.42. The lowest BCUT2D eigenvalue weighted by Gasteiger charge is -2.29. The second-order valence-electron chi connectivity index (χ2n) is 9.06. The summed E-state index contributed by atoms with van der Waals surface area (Å²) in [5.41, 5.74) is 2.29. The number of amides is 1. The standard InChI is InChI=1S/C27H28ClNO6/c1-16-20-12-22(28)24(13-23(20)35-27(33)21(16)11-17-5-3-2-4-6-17)34-15-25(30)29-14-18-7-9-19(10-8-18)26(31)32/h2-6,12-13,18-19H,7-11,14-15H2,1H3,(H,29,30)(H,31,32)/p-1. The van der Waals surface area contributed by atoms with Gasteiger partial charge >= 0.3 is 5.63 Å². The van der Waals surface area contributed by atoms with E-state index in [-0.39, 0.29) is 24.2 Å². The SMILES string of the molecule is Cc1c(Cc2ccccc2)c(=O)oc2cc(OCC(=O)NCC3CCC(C(=O)[O-])CC3)c(Cl)cc12. The number of hydrogen-bond donors (Lipinski definition) is 1. The molecule has 1 aromatic heterocycles. The molecule has 1 saturated carbocycles. The first-order valence-electron chi connectivity index (χ1n) is 11.7. The average molecular weight is 497 g/mol. The predicted molar refractivity (Wildman–Crippen MR) is 130 cm³/mol. The molecule has 35 heavy (non-hydrogen) atoms. The molecule has 1 heterocycles. The number of aliphatic carboxylic acids is 1. The Morgan fingerprint density at radius 3 is 2.54 bits per heavy atom. The van der Waals surface area contributed by atoms with Crippen molar-refractivity contribution in [2.24, 2.45) is 11.8 Å². The Balaban J connectivity index is 1.38. The van der Waals surface area contributed by atoms with Gasteiger partial charge in [0.2, 0.25) is 0 Å². The molecule has 0 radical (unpaired) electrons. The lowest BCUT2D eigenvalue weighted by molar-refractivity contribution is -0.312. The molecule has 0 spiro atoms. The van der Waals surface area contributed by atoms with Crippen LogP contribution in [0.15, 0.2) is 51.7 Å². The first-order chi connectivity index (χ1) is 16.8. The molecule has 0 saturated heterocycles. The topological polar surface area (TPSA) is 109 Å². The molecule has 0 aliphatic heterocycles. The highest BCUT2D eigenvalue weighted by Gasteiger charge is 2.22. The van der Waals surface area contributed by atoms with Crippen LogP contribution < -0.4 is 20.8 Å². The van der Waals surface area contributed by atoms with Gasteiger partial charge in [-0.25, -0.2) is 4.79 Å². The van der Waals surface area contributed by atoms with Crippen LogP contribution in [0.4, 0.5) is 0 Å². The van der Waals surface area contributed by atoms with Crippen LogP contribution in [0.5, 0.6) is 5.75 Å². The van der Waals surface area contributed by atoms with Crippen molar-refractivity contribution in [1.82, 2.24) is 5.32 Å². The fraction of sp³-hybridized carbons (Fsp3) is 0.370. The van der Waals surface area contributed by atoms with Gasteiger partial charge in [0.05, 0.1) is 5.02 Å². The first kappa shape index (κ1) is 24.8. The van der Waals surface area contributed by atoms with E-state index in [0.717, 1.165) is 24.0 Å². The Morgan fingerprint density at radius 2 is 1.86 bits per heavy atom. The average Bonchev–Trinajstić information content (AvgIpc) is 2.85. The molecule has 1 N–H and O–H groups in total. The summed E-state index contributed by atoms with van der Waals surface area (Å²) in [5.74, 6) is -1.20. The van der Waals surface area contributed by atoms with Gasteiger partial charge in [0.15, 0.2) is 6.61 Å². The van der Waals surface area contributed by atoms with Crippen molar-refractivity contribution in [2.45, 2.75) is 39.0 Å². The van der Waals surface area contributed by atoms with E-state index in [1.807, 2.05) is 37.3 Å². The second-order valence-corrected chi connectivity index (χ2v) is 9.47. The van der Waals surface area contributed by atoms with Crippen LogP contribution in [0.2, 0.25) is 5.02 Å². The van der Waals surface area contributed by atoms with E-state index < -0.39 is 17.5 Å². The van der Waals surface area contributed by atoms with Gasteiger partial charge in [0.1, 0.15) is 11.3 Å². The molecule has 1 aliphatic carbocycles. The van der Waals surface area contributed by atoms with Gasteiger partial charge in [0, 0.05) is 36.0 Å². The molecular formula is C27H27ClNO6-. The molecule has 1 fully saturated rings. The maximum atomic E-state index is 12.7. The Labute approximate surface area is 208 Å². The van der Waals surface area contributed by atoms with Crippen LogP contribution in [0, 0.1) is 18.8 Å². The number of benzene rings is 2. The van der Waals surface area contributed by atoms with Gasteiger partial charge in [-0.1, -0.05) is 41.9 Å². The van der Waals surface area contributed by atoms with Crippen molar-refractivity contribution < 1.29 is 23.8 Å². The van der Waals surface area contributed by atoms with Crippen molar-refractivity contribution in [1.29, 1.82) is 0 Å². The third-order valence-corrected chi connectivity index (χ3v) is 6.99. The first-order valence-corrected chi connectivity index (χ1v) is 12.1. The number of aryl methyl sites for hydroxylation is 1. The lowest BCUT2D eigenvalue weighted by atomic mass is 9.82. The number of carbonyl (C=O) groups is 2. The summed E-state index contributed by atoms with van der Waals surface area (Å²) in [7, 11) is 0. The Hall–Kier alpha value is -3.32. The van der Waals surface area contributed by atoms with Crippen molar-refractivity contribution in [3.05, 3.63) is 74.6 Å². The second kappa shape index (κ2) is 11.0. The molecule has 3 aromatic rings. The highest BCUT2D eigenvalue weighted by Crippen LogP contribution is 2.32. The number of rotatable bonds is 8. The van der Waals surface area contributed by atoms with Gasteiger partial charge in [-0.05, 0) is 61.6 Å². The van der Waals surface area contributed by atoms with Crippen LogP contribution in [0.3, 0.4) is 0 Å².